The number of aliphatic hydroxyl groups is 1. The lowest BCUT2D eigenvalue weighted by Crippen LogP contribution is -2.40. The number of carbonyl (C=O) groups excluding carboxylic acids is 1. The highest BCUT2D eigenvalue weighted by Crippen LogP contribution is 2.28. The van der Waals surface area contributed by atoms with Gasteiger partial charge in [0.05, 0.1) is 30.4 Å². The summed E-state index contributed by atoms with van der Waals surface area (Å²) in [5.41, 5.74) is 2.49. The first-order valence-electron chi connectivity index (χ1n) is 9.21. The molecule has 1 aliphatic heterocycles. The molecule has 0 aromatic carbocycles. The third kappa shape index (κ3) is 3.41. The predicted molar refractivity (Wildman–Crippen MR) is 94.4 cm³/mol. The number of aliphatic hydroxyl groups excluding tert-OH is 1. The van der Waals surface area contributed by atoms with Gasteiger partial charge in [-0.1, -0.05) is 0 Å². The van der Waals surface area contributed by atoms with Crippen LogP contribution in [0.3, 0.4) is 0 Å². The summed E-state index contributed by atoms with van der Waals surface area (Å²) in [7, 11) is 0. The molecule has 1 amide bonds. The van der Waals surface area contributed by atoms with Crippen LogP contribution in [-0.4, -0.2) is 57.9 Å². The Morgan fingerprint density at radius 1 is 1.24 bits per heavy atom. The molecule has 2 fully saturated rings. The summed E-state index contributed by atoms with van der Waals surface area (Å²) in [4.78, 5) is 19.3. The van der Waals surface area contributed by atoms with Gasteiger partial charge in [-0.05, 0) is 43.7 Å². The van der Waals surface area contributed by atoms with Gasteiger partial charge in [0.25, 0.3) is 5.91 Å². The maximum atomic E-state index is 12.9. The molecule has 0 radical (unpaired) electrons. The summed E-state index contributed by atoms with van der Waals surface area (Å²) < 4.78 is 7.53. The zero-order chi connectivity index (χ0) is 17.2. The van der Waals surface area contributed by atoms with Crippen molar-refractivity contribution in [2.45, 2.75) is 38.3 Å². The van der Waals surface area contributed by atoms with E-state index in [2.05, 4.69) is 9.55 Å². The normalized spacial score (nSPS) is 24.6. The number of hydrogen-bond acceptors (Lipinski definition) is 4. The minimum atomic E-state index is -0.141. The first-order valence-corrected chi connectivity index (χ1v) is 9.21. The molecule has 2 aromatic heterocycles. The summed E-state index contributed by atoms with van der Waals surface area (Å²) in [6.45, 7) is 3.35. The van der Waals surface area contributed by atoms with E-state index in [4.69, 9.17) is 4.74 Å². The number of nitrogens with zero attached hydrogens (tertiary/aromatic N) is 3. The molecule has 6 heteroatoms. The van der Waals surface area contributed by atoms with Crippen molar-refractivity contribution in [3.63, 3.8) is 0 Å². The molecule has 1 saturated heterocycles. The molecule has 0 bridgehead atoms. The Morgan fingerprint density at radius 3 is 2.76 bits per heavy atom. The third-order valence-electron chi connectivity index (χ3n) is 5.44. The lowest BCUT2D eigenvalue weighted by atomic mass is 9.87. The standard InChI is InChI=1S/C19H25N3O3/c23-15-5-3-14(4-6-15)12-22-13-16(18-17(22)2-1-7-20-18)19(24)21-8-10-25-11-9-21/h1-2,7,13-15,23H,3-6,8-12H2. The van der Waals surface area contributed by atoms with Gasteiger partial charge in [0, 0.05) is 32.0 Å². The number of rotatable bonds is 3. The number of morpholine rings is 1. The number of ether oxygens (including phenoxy) is 1. The number of hydrogen-bond donors (Lipinski definition) is 1. The van der Waals surface area contributed by atoms with Gasteiger partial charge in [-0.3, -0.25) is 9.78 Å². The quantitative estimate of drug-likeness (QED) is 0.926. The molecule has 1 N–H and O–H groups in total. The molecule has 3 heterocycles. The van der Waals surface area contributed by atoms with Crippen LogP contribution in [0.15, 0.2) is 24.5 Å². The molecule has 0 unspecified atom stereocenters. The molecule has 2 aliphatic rings. The van der Waals surface area contributed by atoms with Crippen molar-refractivity contribution in [2.24, 2.45) is 5.92 Å². The van der Waals surface area contributed by atoms with Crippen molar-refractivity contribution in [1.29, 1.82) is 0 Å². The number of amides is 1. The molecule has 6 nitrogen and oxygen atoms in total. The smallest absolute Gasteiger partial charge is 0.257 e. The highest BCUT2D eigenvalue weighted by Gasteiger charge is 2.25. The van der Waals surface area contributed by atoms with Gasteiger partial charge in [-0.15, -0.1) is 0 Å². The molecule has 134 valence electrons. The number of fused-ring (bicyclic) bond motifs is 1. The van der Waals surface area contributed by atoms with Gasteiger partial charge in [-0.2, -0.15) is 0 Å². The largest absolute Gasteiger partial charge is 0.393 e. The average Bonchev–Trinajstić information content (AvgIpc) is 3.02. The first-order chi connectivity index (χ1) is 12.2. The Labute approximate surface area is 147 Å². The van der Waals surface area contributed by atoms with E-state index in [9.17, 15) is 9.90 Å². The van der Waals surface area contributed by atoms with E-state index in [1.165, 1.54) is 0 Å². The number of aromatic nitrogens is 2. The van der Waals surface area contributed by atoms with Gasteiger partial charge < -0.3 is 19.3 Å². The van der Waals surface area contributed by atoms with E-state index < -0.39 is 0 Å². The molecular weight excluding hydrogens is 318 g/mol. The minimum absolute atomic E-state index is 0.0461. The van der Waals surface area contributed by atoms with Crippen LogP contribution in [0.4, 0.5) is 0 Å². The first kappa shape index (κ1) is 16.5. The Bertz CT molecular complexity index is 743. The number of pyridine rings is 1. The van der Waals surface area contributed by atoms with Crippen molar-refractivity contribution >= 4 is 16.9 Å². The van der Waals surface area contributed by atoms with E-state index in [1.807, 2.05) is 23.2 Å². The Morgan fingerprint density at radius 2 is 2.00 bits per heavy atom. The second kappa shape index (κ2) is 7.14. The van der Waals surface area contributed by atoms with E-state index >= 15 is 0 Å². The van der Waals surface area contributed by atoms with E-state index in [0.717, 1.165) is 43.3 Å². The third-order valence-corrected chi connectivity index (χ3v) is 5.44. The maximum Gasteiger partial charge on any atom is 0.257 e. The lowest BCUT2D eigenvalue weighted by molar-refractivity contribution is 0.0304. The van der Waals surface area contributed by atoms with E-state index in [0.29, 0.717) is 37.8 Å². The second-order valence-electron chi connectivity index (χ2n) is 7.15. The van der Waals surface area contributed by atoms with Crippen LogP contribution in [0.2, 0.25) is 0 Å². The van der Waals surface area contributed by atoms with Crippen LogP contribution in [0.1, 0.15) is 36.0 Å². The number of carbonyl (C=O) groups is 1. The van der Waals surface area contributed by atoms with E-state index in [1.54, 1.807) is 6.20 Å². The van der Waals surface area contributed by atoms with Crippen LogP contribution < -0.4 is 0 Å². The van der Waals surface area contributed by atoms with Crippen LogP contribution in [0.25, 0.3) is 11.0 Å². The molecule has 1 saturated carbocycles. The van der Waals surface area contributed by atoms with Gasteiger partial charge in [-0.25, -0.2) is 0 Å². The lowest BCUT2D eigenvalue weighted by Gasteiger charge is -2.26. The summed E-state index contributed by atoms with van der Waals surface area (Å²) in [6.07, 6.45) is 7.41. The fourth-order valence-corrected chi connectivity index (χ4v) is 3.97. The van der Waals surface area contributed by atoms with Crippen molar-refractivity contribution < 1.29 is 14.6 Å². The fraction of sp³-hybridized carbons (Fsp3) is 0.579. The zero-order valence-electron chi connectivity index (χ0n) is 14.4. The molecule has 0 spiro atoms. The SMILES string of the molecule is O=C(c1cn(CC2CCC(O)CC2)c2cccnc12)N1CCOCC1. The zero-order valence-corrected chi connectivity index (χ0v) is 14.4. The summed E-state index contributed by atoms with van der Waals surface area (Å²) in [5.74, 6) is 0.593. The molecular formula is C19H25N3O3. The van der Waals surface area contributed by atoms with Gasteiger partial charge >= 0.3 is 0 Å². The average molecular weight is 343 g/mol. The van der Waals surface area contributed by atoms with Gasteiger partial charge in [0.15, 0.2) is 0 Å². The highest BCUT2D eigenvalue weighted by molar-refractivity contribution is 6.05. The monoisotopic (exact) mass is 343 g/mol. The Kier molecular flexibility index (Phi) is 4.72. The van der Waals surface area contributed by atoms with Crippen molar-refractivity contribution in [3.05, 3.63) is 30.1 Å². The Balaban J connectivity index is 1.61. The van der Waals surface area contributed by atoms with Gasteiger partial charge in [0.2, 0.25) is 0 Å². The molecule has 1 aliphatic carbocycles. The molecule has 25 heavy (non-hydrogen) atoms. The minimum Gasteiger partial charge on any atom is -0.393 e. The predicted octanol–water partition coefficient (Wildman–Crippen LogP) is 2.06. The topological polar surface area (TPSA) is 67.6 Å². The van der Waals surface area contributed by atoms with Crippen molar-refractivity contribution in [2.75, 3.05) is 26.3 Å². The maximum absolute atomic E-state index is 12.9. The van der Waals surface area contributed by atoms with Crippen LogP contribution in [0, 0.1) is 5.92 Å². The van der Waals surface area contributed by atoms with E-state index in [-0.39, 0.29) is 12.0 Å². The summed E-state index contributed by atoms with van der Waals surface area (Å²) in [5, 5.41) is 9.71. The highest BCUT2D eigenvalue weighted by atomic mass is 16.5. The van der Waals surface area contributed by atoms with Crippen molar-refractivity contribution in [3.8, 4) is 0 Å². The van der Waals surface area contributed by atoms with Crippen LogP contribution >= 0.6 is 0 Å². The van der Waals surface area contributed by atoms with Crippen LogP contribution in [0.5, 0.6) is 0 Å². The van der Waals surface area contributed by atoms with Crippen LogP contribution in [-0.2, 0) is 11.3 Å². The summed E-state index contributed by atoms with van der Waals surface area (Å²) in [6, 6.07) is 3.96. The second-order valence-corrected chi connectivity index (χ2v) is 7.15. The van der Waals surface area contributed by atoms with Gasteiger partial charge in [0.1, 0.15) is 5.52 Å². The summed E-state index contributed by atoms with van der Waals surface area (Å²) >= 11 is 0. The fourth-order valence-electron chi connectivity index (χ4n) is 3.97. The molecule has 0 atom stereocenters. The Hall–Kier alpha value is -1.92. The molecule has 4 rings (SSSR count). The van der Waals surface area contributed by atoms with Crippen molar-refractivity contribution in [1.82, 2.24) is 14.5 Å². The molecule has 2 aromatic rings.